The summed E-state index contributed by atoms with van der Waals surface area (Å²) in [7, 11) is 1.52. The molecule has 0 aromatic heterocycles. The number of aliphatic carboxylic acids is 1. The lowest BCUT2D eigenvalue weighted by molar-refractivity contribution is -0.142. The van der Waals surface area contributed by atoms with E-state index in [0.717, 1.165) is 12.8 Å². The fraction of sp³-hybridized carbons (Fsp3) is 0.526. The normalized spacial score (nSPS) is 26.4. The molecule has 3 unspecified atom stereocenters. The summed E-state index contributed by atoms with van der Waals surface area (Å²) in [5.41, 5.74) is 2.52. The number of nitrogens with one attached hydrogen (secondary N) is 1. The van der Waals surface area contributed by atoms with E-state index in [0.29, 0.717) is 12.8 Å². The number of carboxylic acid groups (broad SMARTS) is 1. The number of aryl methyl sites for hydroxylation is 1. The van der Waals surface area contributed by atoms with Crippen molar-refractivity contribution in [2.24, 2.45) is 17.8 Å². The van der Waals surface area contributed by atoms with Gasteiger partial charge in [0.05, 0.1) is 6.42 Å². The van der Waals surface area contributed by atoms with Gasteiger partial charge in [0.2, 0.25) is 5.91 Å². The Balaban J connectivity index is 1.77. The zero-order chi connectivity index (χ0) is 17.3. The van der Waals surface area contributed by atoms with Gasteiger partial charge >= 0.3 is 5.97 Å². The molecule has 4 atom stereocenters. The lowest BCUT2D eigenvalue weighted by Gasteiger charge is -2.45. The molecule has 0 radical (unpaired) electrons. The Kier molecular flexibility index (Phi) is 4.69. The topological polar surface area (TPSA) is 83.5 Å². The molecule has 128 valence electrons. The first-order chi connectivity index (χ1) is 11.5. The summed E-state index contributed by atoms with van der Waals surface area (Å²) < 4.78 is 0. The molecule has 5 nitrogen and oxygen atoms in total. The molecule has 2 aliphatic rings. The van der Waals surface area contributed by atoms with Crippen LogP contribution in [0.5, 0.6) is 0 Å². The summed E-state index contributed by atoms with van der Waals surface area (Å²) in [5, 5.41) is 11.6. The van der Waals surface area contributed by atoms with E-state index in [-0.39, 0.29) is 35.9 Å². The Morgan fingerprint density at radius 2 is 2.04 bits per heavy atom. The van der Waals surface area contributed by atoms with Gasteiger partial charge in [0.1, 0.15) is 5.78 Å². The van der Waals surface area contributed by atoms with Gasteiger partial charge in [-0.3, -0.25) is 14.4 Å². The number of ketones is 1. The predicted octanol–water partition coefficient (Wildman–Crippen LogP) is 2.15. The first-order valence-electron chi connectivity index (χ1n) is 8.55. The summed E-state index contributed by atoms with van der Waals surface area (Å²) in [6.07, 6.45) is 2.47. The van der Waals surface area contributed by atoms with Gasteiger partial charge in [-0.1, -0.05) is 24.3 Å². The number of benzene rings is 1. The SMILES string of the molecule is CNC(=O)[C@H](CC(=O)O)CC1CC2c3ccccc3CCC(=O)C12. The van der Waals surface area contributed by atoms with E-state index in [4.69, 9.17) is 5.11 Å². The van der Waals surface area contributed by atoms with E-state index in [2.05, 4.69) is 17.4 Å². The van der Waals surface area contributed by atoms with Crippen LogP contribution in [0.15, 0.2) is 24.3 Å². The van der Waals surface area contributed by atoms with Gasteiger partial charge in [0, 0.05) is 25.3 Å². The number of rotatable bonds is 5. The van der Waals surface area contributed by atoms with Gasteiger partial charge in [0.25, 0.3) is 0 Å². The molecule has 2 aliphatic carbocycles. The molecule has 0 bridgehead atoms. The molecule has 1 aromatic rings. The zero-order valence-corrected chi connectivity index (χ0v) is 13.8. The molecule has 2 N–H and O–H groups in total. The maximum absolute atomic E-state index is 12.6. The maximum Gasteiger partial charge on any atom is 0.304 e. The van der Waals surface area contributed by atoms with Crippen molar-refractivity contribution < 1.29 is 19.5 Å². The molecule has 0 saturated heterocycles. The van der Waals surface area contributed by atoms with Crippen LogP contribution in [0.4, 0.5) is 0 Å². The third-order valence-electron chi connectivity index (χ3n) is 5.59. The molecule has 1 fully saturated rings. The highest BCUT2D eigenvalue weighted by atomic mass is 16.4. The Bertz CT molecular complexity index is 669. The van der Waals surface area contributed by atoms with Crippen LogP contribution in [0.1, 0.15) is 42.7 Å². The second-order valence-electron chi connectivity index (χ2n) is 6.94. The van der Waals surface area contributed by atoms with Crippen molar-refractivity contribution in [2.45, 2.75) is 38.0 Å². The molecule has 1 aromatic carbocycles. The average Bonchev–Trinajstić information content (AvgIpc) is 2.64. The lowest BCUT2D eigenvalue weighted by atomic mass is 9.58. The Morgan fingerprint density at radius 3 is 2.75 bits per heavy atom. The highest BCUT2D eigenvalue weighted by Crippen LogP contribution is 2.53. The predicted molar refractivity (Wildman–Crippen MR) is 88.5 cm³/mol. The quantitative estimate of drug-likeness (QED) is 0.867. The van der Waals surface area contributed by atoms with Crippen LogP contribution in [0, 0.1) is 17.8 Å². The van der Waals surface area contributed by atoms with Crippen molar-refractivity contribution in [1.82, 2.24) is 5.32 Å². The monoisotopic (exact) mass is 329 g/mol. The van der Waals surface area contributed by atoms with Crippen LogP contribution < -0.4 is 5.32 Å². The number of carbonyl (C=O) groups excluding carboxylic acids is 2. The average molecular weight is 329 g/mol. The maximum atomic E-state index is 12.6. The molecule has 0 spiro atoms. The van der Waals surface area contributed by atoms with Crippen molar-refractivity contribution in [3.8, 4) is 0 Å². The summed E-state index contributed by atoms with van der Waals surface area (Å²) >= 11 is 0. The molecule has 0 heterocycles. The van der Waals surface area contributed by atoms with E-state index in [1.165, 1.54) is 18.2 Å². The van der Waals surface area contributed by atoms with E-state index in [9.17, 15) is 14.4 Å². The lowest BCUT2D eigenvalue weighted by Crippen LogP contribution is -2.42. The van der Waals surface area contributed by atoms with Gasteiger partial charge in [-0.05, 0) is 42.2 Å². The Hall–Kier alpha value is -2.17. The smallest absolute Gasteiger partial charge is 0.304 e. The van der Waals surface area contributed by atoms with Crippen LogP contribution in [0.25, 0.3) is 0 Å². The van der Waals surface area contributed by atoms with Crippen molar-refractivity contribution in [3.05, 3.63) is 35.4 Å². The van der Waals surface area contributed by atoms with E-state index < -0.39 is 11.9 Å². The van der Waals surface area contributed by atoms with Gasteiger partial charge < -0.3 is 10.4 Å². The molecule has 24 heavy (non-hydrogen) atoms. The van der Waals surface area contributed by atoms with E-state index >= 15 is 0 Å². The van der Waals surface area contributed by atoms with Gasteiger partial charge in [-0.15, -0.1) is 0 Å². The number of hydrogen-bond acceptors (Lipinski definition) is 3. The molecule has 1 amide bonds. The van der Waals surface area contributed by atoms with Crippen LogP contribution in [-0.4, -0.2) is 29.8 Å². The largest absolute Gasteiger partial charge is 0.481 e. The summed E-state index contributed by atoms with van der Waals surface area (Å²) in [6.45, 7) is 0. The van der Waals surface area contributed by atoms with Crippen LogP contribution in [0.3, 0.4) is 0 Å². The number of Topliss-reactive ketones (excluding diaryl/α,β-unsaturated/α-hetero) is 1. The third-order valence-corrected chi connectivity index (χ3v) is 5.59. The van der Waals surface area contributed by atoms with E-state index in [1.807, 2.05) is 12.1 Å². The Labute approximate surface area is 141 Å². The van der Waals surface area contributed by atoms with Crippen molar-refractivity contribution >= 4 is 17.7 Å². The molecule has 5 heteroatoms. The molecule has 3 rings (SSSR count). The molecular weight excluding hydrogens is 306 g/mol. The first kappa shape index (κ1) is 16.7. The number of hydrogen-bond donors (Lipinski definition) is 2. The minimum atomic E-state index is -0.975. The second kappa shape index (κ2) is 6.75. The Morgan fingerprint density at radius 1 is 1.29 bits per heavy atom. The second-order valence-corrected chi connectivity index (χ2v) is 6.94. The zero-order valence-electron chi connectivity index (χ0n) is 13.8. The standard InChI is InChI=1S/C19H23NO4/c1-20-19(24)13(10-17(22)23)8-12-9-15-14-5-3-2-4-11(14)6-7-16(21)18(12)15/h2-5,12-13,15,18H,6-10H2,1H3,(H,20,24)(H,22,23)/t12?,13-,15?,18?/m0/s1. The van der Waals surface area contributed by atoms with E-state index in [1.54, 1.807) is 0 Å². The van der Waals surface area contributed by atoms with Gasteiger partial charge in [-0.25, -0.2) is 0 Å². The third kappa shape index (κ3) is 3.07. The fourth-order valence-electron chi connectivity index (χ4n) is 4.41. The van der Waals surface area contributed by atoms with Crippen LogP contribution >= 0.6 is 0 Å². The number of carboxylic acids is 1. The summed E-state index contributed by atoms with van der Waals surface area (Å²) in [4.78, 5) is 35.6. The van der Waals surface area contributed by atoms with Crippen LogP contribution in [-0.2, 0) is 20.8 Å². The minimum Gasteiger partial charge on any atom is -0.481 e. The molecule has 1 saturated carbocycles. The number of carbonyl (C=O) groups is 3. The van der Waals surface area contributed by atoms with Gasteiger partial charge in [-0.2, -0.15) is 0 Å². The highest BCUT2D eigenvalue weighted by molar-refractivity contribution is 5.85. The fourth-order valence-corrected chi connectivity index (χ4v) is 4.41. The first-order valence-corrected chi connectivity index (χ1v) is 8.55. The van der Waals surface area contributed by atoms with Crippen molar-refractivity contribution in [3.63, 3.8) is 0 Å². The van der Waals surface area contributed by atoms with Crippen molar-refractivity contribution in [2.75, 3.05) is 7.05 Å². The molecular formula is C19H23NO4. The molecule has 0 aliphatic heterocycles. The number of fused-ring (bicyclic) bond motifs is 3. The van der Waals surface area contributed by atoms with Crippen LogP contribution in [0.2, 0.25) is 0 Å². The number of amides is 1. The van der Waals surface area contributed by atoms with Gasteiger partial charge in [0.15, 0.2) is 0 Å². The van der Waals surface area contributed by atoms with Crippen molar-refractivity contribution in [1.29, 1.82) is 0 Å². The minimum absolute atomic E-state index is 0.0606. The summed E-state index contributed by atoms with van der Waals surface area (Å²) in [6, 6.07) is 8.22. The highest BCUT2D eigenvalue weighted by Gasteiger charge is 2.48. The summed E-state index contributed by atoms with van der Waals surface area (Å²) in [5.74, 6) is -1.25.